The third-order valence-electron chi connectivity index (χ3n) is 7.03. The number of rotatable bonds is 5. The first-order valence-electron chi connectivity index (χ1n) is 11.4. The van der Waals surface area contributed by atoms with Gasteiger partial charge in [-0.15, -0.1) is 0 Å². The lowest BCUT2D eigenvalue weighted by Crippen LogP contribution is -2.68. The molecule has 0 unspecified atom stereocenters. The molecule has 2 aromatic rings. The summed E-state index contributed by atoms with van der Waals surface area (Å²) in [5.41, 5.74) is 0.708. The molecular formula is C24H28FN5O2. The van der Waals surface area contributed by atoms with E-state index in [0.29, 0.717) is 24.4 Å². The molecule has 4 heterocycles. The quantitative estimate of drug-likeness (QED) is 0.776. The van der Waals surface area contributed by atoms with Gasteiger partial charge in [-0.05, 0) is 48.9 Å². The van der Waals surface area contributed by atoms with Gasteiger partial charge in [0.2, 0.25) is 11.8 Å². The lowest BCUT2D eigenvalue weighted by molar-refractivity contribution is -0.160. The molecule has 2 bridgehead atoms. The van der Waals surface area contributed by atoms with E-state index in [1.807, 2.05) is 4.90 Å². The van der Waals surface area contributed by atoms with Gasteiger partial charge in [0.05, 0.1) is 6.54 Å². The molecule has 0 spiro atoms. The summed E-state index contributed by atoms with van der Waals surface area (Å²) >= 11 is 0. The predicted octanol–water partition coefficient (Wildman–Crippen LogP) is 2.13. The van der Waals surface area contributed by atoms with Gasteiger partial charge in [-0.2, -0.15) is 0 Å². The highest BCUT2D eigenvalue weighted by atomic mass is 19.1. The summed E-state index contributed by atoms with van der Waals surface area (Å²) in [6.07, 6.45) is 6.76. The van der Waals surface area contributed by atoms with Crippen LogP contribution in [0.3, 0.4) is 0 Å². The zero-order valence-electron chi connectivity index (χ0n) is 18.0. The molecule has 2 amide bonds. The maximum atomic E-state index is 13.5. The molecule has 3 aliphatic rings. The first kappa shape index (κ1) is 21.0. The highest BCUT2D eigenvalue weighted by Crippen LogP contribution is 2.41. The van der Waals surface area contributed by atoms with Gasteiger partial charge in [-0.3, -0.25) is 14.5 Å². The van der Waals surface area contributed by atoms with Crippen LogP contribution < -0.4 is 5.32 Å². The van der Waals surface area contributed by atoms with E-state index in [-0.39, 0.29) is 36.1 Å². The molecule has 7 nitrogen and oxygen atoms in total. The Morgan fingerprint density at radius 3 is 2.78 bits per heavy atom. The summed E-state index contributed by atoms with van der Waals surface area (Å²) < 4.78 is 13.5. The third kappa shape index (κ3) is 4.24. The van der Waals surface area contributed by atoms with Gasteiger partial charge in [0, 0.05) is 50.4 Å². The van der Waals surface area contributed by atoms with Crippen LogP contribution in [0.15, 0.2) is 42.7 Å². The summed E-state index contributed by atoms with van der Waals surface area (Å²) in [6.45, 7) is 2.51. The Morgan fingerprint density at radius 1 is 1.16 bits per heavy atom. The zero-order chi connectivity index (χ0) is 22.1. The summed E-state index contributed by atoms with van der Waals surface area (Å²) in [4.78, 5) is 39.2. The Kier molecular flexibility index (Phi) is 5.87. The van der Waals surface area contributed by atoms with Crippen molar-refractivity contribution in [1.29, 1.82) is 0 Å². The highest BCUT2D eigenvalue weighted by Gasteiger charge is 2.51. The first-order valence-corrected chi connectivity index (χ1v) is 11.4. The van der Waals surface area contributed by atoms with E-state index in [0.717, 1.165) is 38.2 Å². The molecule has 1 aromatic carbocycles. The summed E-state index contributed by atoms with van der Waals surface area (Å²) in [6, 6.07) is 7.65. The highest BCUT2D eigenvalue weighted by molar-refractivity contribution is 5.89. The third-order valence-corrected chi connectivity index (χ3v) is 7.03. The Bertz CT molecular complexity index is 987. The first-order chi connectivity index (χ1) is 15.6. The molecule has 0 radical (unpaired) electrons. The van der Waals surface area contributed by atoms with E-state index < -0.39 is 6.04 Å². The van der Waals surface area contributed by atoms with Crippen LogP contribution in [-0.4, -0.2) is 56.8 Å². The lowest BCUT2D eigenvalue weighted by atomic mass is 9.71. The fraction of sp³-hybridized carbons (Fsp3) is 0.500. The standard InChI is InChI=1S/C24H28FN5O2/c25-19-5-1-4-16(10-19)12-28-24(32)23-18-11-17(20-6-2-7-22(31)30(20)23)13-29(14-18)15-21-26-8-3-9-27-21/h1,3-5,8-10,17-18,20,23H,2,6-7,11-15H2,(H,28,32)/t17-,18+,20-,23+/m0/s1. The van der Waals surface area contributed by atoms with Crippen molar-refractivity contribution in [1.82, 2.24) is 25.1 Å². The minimum Gasteiger partial charge on any atom is -0.350 e. The molecule has 3 fully saturated rings. The van der Waals surface area contributed by atoms with Crippen LogP contribution in [0.4, 0.5) is 4.39 Å². The van der Waals surface area contributed by atoms with Gasteiger partial charge in [0.25, 0.3) is 0 Å². The number of aromatic nitrogens is 2. The monoisotopic (exact) mass is 437 g/mol. The number of benzene rings is 1. The number of hydrogen-bond donors (Lipinski definition) is 1. The lowest BCUT2D eigenvalue weighted by Gasteiger charge is -2.55. The number of carbonyl (C=O) groups is 2. The van der Waals surface area contributed by atoms with E-state index in [1.165, 1.54) is 12.1 Å². The van der Waals surface area contributed by atoms with Crippen LogP contribution in [0.5, 0.6) is 0 Å². The molecule has 1 N–H and O–H groups in total. The molecular weight excluding hydrogens is 409 g/mol. The second kappa shape index (κ2) is 8.94. The van der Waals surface area contributed by atoms with Crippen LogP contribution in [-0.2, 0) is 22.7 Å². The van der Waals surface area contributed by atoms with Crippen LogP contribution in [0, 0.1) is 17.7 Å². The summed E-state index contributed by atoms with van der Waals surface area (Å²) in [5.74, 6) is 0.806. The van der Waals surface area contributed by atoms with E-state index in [2.05, 4.69) is 20.2 Å². The number of amides is 2. The smallest absolute Gasteiger partial charge is 0.243 e. The van der Waals surface area contributed by atoms with Crippen molar-refractivity contribution in [2.45, 2.75) is 50.9 Å². The van der Waals surface area contributed by atoms with Gasteiger partial charge in [-0.1, -0.05) is 12.1 Å². The molecule has 32 heavy (non-hydrogen) atoms. The van der Waals surface area contributed by atoms with Gasteiger partial charge in [0.15, 0.2) is 0 Å². The van der Waals surface area contributed by atoms with E-state index in [1.54, 1.807) is 30.6 Å². The van der Waals surface area contributed by atoms with Crippen LogP contribution in [0.25, 0.3) is 0 Å². The van der Waals surface area contributed by atoms with Gasteiger partial charge < -0.3 is 10.2 Å². The van der Waals surface area contributed by atoms with Gasteiger partial charge in [-0.25, -0.2) is 14.4 Å². The Hall–Kier alpha value is -2.87. The molecule has 0 saturated carbocycles. The Labute approximate surface area is 187 Å². The molecule has 1 aromatic heterocycles. The number of carbonyl (C=O) groups excluding carboxylic acids is 2. The predicted molar refractivity (Wildman–Crippen MR) is 115 cm³/mol. The minimum atomic E-state index is -0.489. The number of halogens is 1. The number of piperidine rings is 3. The van der Waals surface area contributed by atoms with Crippen molar-refractivity contribution < 1.29 is 14.0 Å². The molecule has 0 aliphatic carbocycles. The average Bonchev–Trinajstić information content (AvgIpc) is 2.79. The second-order valence-electron chi connectivity index (χ2n) is 9.17. The molecule has 4 atom stereocenters. The normalized spacial score (nSPS) is 27.7. The summed E-state index contributed by atoms with van der Waals surface area (Å²) in [5, 5.41) is 2.97. The van der Waals surface area contributed by atoms with Crippen molar-refractivity contribution >= 4 is 11.8 Å². The molecule has 168 valence electrons. The molecule has 3 saturated heterocycles. The Morgan fingerprint density at radius 2 is 1.97 bits per heavy atom. The molecule has 5 rings (SSSR count). The van der Waals surface area contributed by atoms with Crippen LogP contribution in [0.1, 0.15) is 37.1 Å². The average molecular weight is 438 g/mol. The van der Waals surface area contributed by atoms with Crippen molar-refractivity contribution in [2.75, 3.05) is 13.1 Å². The SMILES string of the molecule is O=C(NCc1cccc(F)c1)[C@H]1[C@@H]2C[C@@H](CN(Cc3ncccn3)C2)[C@@H]2CCCC(=O)N21. The van der Waals surface area contributed by atoms with Gasteiger partial charge >= 0.3 is 0 Å². The molecule has 3 aliphatic heterocycles. The molecule has 8 heteroatoms. The van der Waals surface area contributed by atoms with Crippen molar-refractivity contribution in [3.8, 4) is 0 Å². The van der Waals surface area contributed by atoms with E-state index in [4.69, 9.17) is 0 Å². The maximum absolute atomic E-state index is 13.5. The number of nitrogens with zero attached hydrogens (tertiary/aromatic N) is 4. The van der Waals surface area contributed by atoms with Crippen molar-refractivity contribution in [3.05, 3.63) is 59.9 Å². The Balaban J connectivity index is 1.35. The van der Waals surface area contributed by atoms with Crippen molar-refractivity contribution in [3.63, 3.8) is 0 Å². The van der Waals surface area contributed by atoms with Crippen LogP contribution >= 0.6 is 0 Å². The number of nitrogens with one attached hydrogen (secondary N) is 1. The summed E-state index contributed by atoms with van der Waals surface area (Å²) in [7, 11) is 0. The van der Waals surface area contributed by atoms with E-state index in [9.17, 15) is 14.0 Å². The second-order valence-corrected chi connectivity index (χ2v) is 9.17. The fourth-order valence-electron chi connectivity index (χ4n) is 5.77. The van der Waals surface area contributed by atoms with Crippen LogP contribution in [0.2, 0.25) is 0 Å². The number of fused-ring (bicyclic) bond motifs is 4. The van der Waals surface area contributed by atoms with Crippen molar-refractivity contribution in [2.24, 2.45) is 11.8 Å². The minimum absolute atomic E-state index is 0.0586. The zero-order valence-corrected chi connectivity index (χ0v) is 18.0. The maximum Gasteiger partial charge on any atom is 0.243 e. The number of hydrogen-bond acceptors (Lipinski definition) is 5. The fourth-order valence-corrected chi connectivity index (χ4v) is 5.77. The van der Waals surface area contributed by atoms with Gasteiger partial charge in [0.1, 0.15) is 17.7 Å². The largest absolute Gasteiger partial charge is 0.350 e. The van der Waals surface area contributed by atoms with E-state index >= 15 is 0 Å². The topological polar surface area (TPSA) is 78.4 Å². The number of likely N-dealkylation sites (tertiary alicyclic amines) is 1.